The number of nitrogens with one attached hydrogen (secondary N) is 2. The zero-order valence-corrected chi connectivity index (χ0v) is 17.1. The highest BCUT2D eigenvalue weighted by molar-refractivity contribution is 5.94. The number of para-hydroxylation sites is 1. The first-order valence-corrected chi connectivity index (χ1v) is 10.3. The number of piperazine rings is 1. The van der Waals surface area contributed by atoms with Crippen molar-refractivity contribution in [2.45, 2.75) is 19.9 Å². The molecule has 2 aromatic carbocycles. The number of amides is 2. The van der Waals surface area contributed by atoms with Gasteiger partial charge >= 0.3 is 0 Å². The number of carbonyl (C=O) groups excluding carboxylic acids is 2. The number of hydrogen-bond acceptors (Lipinski definition) is 4. The molecule has 154 valence electrons. The van der Waals surface area contributed by atoms with Crippen LogP contribution in [0.25, 0.3) is 0 Å². The first kappa shape index (κ1) is 20.9. The van der Waals surface area contributed by atoms with Gasteiger partial charge in [0, 0.05) is 57.4 Å². The molecule has 1 fully saturated rings. The summed E-state index contributed by atoms with van der Waals surface area (Å²) in [6.07, 6.45) is 0.942. The van der Waals surface area contributed by atoms with E-state index in [1.807, 2.05) is 18.2 Å². The molecule has 2 aromatic rings. The summed E-state index contributed by atoms with van der Waals surface area (Å²) in [5, 5.41) is 5.75. The van der Waals surface area contributed by atoms with Crippen LogP contribution < -0.4 is 15.5 Å². The van der Waals surface area contributed by atoms with Crippen LogP contribution in [-0.2, 0) is 11.3 Å². The Bertz CT molecular complexity index is 784. The largest absolute Gasteiger partial charge is 0.369 e. The SMILES string of the molecule is CC(=O)NCc1ccc(C(=O)NCCCN2CCN(c3ccccc3)CC2)cc1. The summed E-state index contributed by atoms with van der Waals surface area (Å²) in [4.78, 5) is 28.1. The summed E-state index contributed by atoms with van der Waals surface area (Å²) in [6.45, 7) is 7.84. The van der Waals surface area contributed by atoms with Crippen LogP contribution >= 0.6 is 0 Å². The van der Waals surface area contributed by atoms with Crippen LogP contribution in [0.2, 0.25) is 0 Å². The van der Waals surface area contributed by atoms with Gasteiger partial charge in [0.05, 0.1) is 0 Å². The van der Waals surface area contributed by atoms with E-state index in [2.05, 4.69) is 44.7 Å². The minimum atomic E-state index is -0.0618. The number of rotatable bonds is 8. The molecule has 2 N–H and O–H groups in total. The molecule has 1 aliphatic heterocycles. The fourth-order valence-electron chi connectivity index (χ4n) is 3.48. The van der Waals surface area contributed by atoms with E-state index in [0.717, 1.165) is 44.7 Å². The quantitative estimate of drug-likeness (QED) is 0.674. The predicted octanol–water partition coefficient (Wildman–Crippen LogP) is 2.26. The smallest absolute Gasteiger partial charge is 0.251 e. The first-order chi connectivity index (χ1) is 14.1. The molecule has 1 heterocycles. The summed E-state index contributed by atoms with van der Waals surface area (Å²) in [6, 6.07) is 17.9. The molecule has 2 amide bonds. The van der Waals surface area contributed by atoms with E-state index in [0.29, 0.717) is 18.7 Å². The van der Waals surface area contributed by atoms with Crippen LogP contribution in [0.15, 0.2) is 54.6 Å². The second-order valence-corrected chi connectivity index (χ2v) is 7.38. The topological polar surface area (TPSA) is 64.7 Å². The van der Waals surface area contributed by atoms with Gasteiger partial charge < -0.3 is 15.5 Å². The van der Waals surface area contributed by atoms with E-state index in [9.17, 15) is 9.59 Å². The van der Waals surface area contributed by atoms with Gasteiger partial charge in [-0.25, -0.2) is 0 Å². The van der Waals surface area contributed by atoms with Crippen LogP contribution in [0.4, 0.5) is 5.69 Å². The van der Waals surface area contributed by atoms with Crippen LogP contribution in [0.1, 0.15) is 29.3 Å². The Morgan fingerprint density at radius 3 is 2.24 bits per heavy atom. The van der Waals surface area contributed by atoms with E-state index in [-0.39, 0.29) is 11.8 Å². The Balaban J connectivity index is 1.32. The normalized spacial score (nSPS) is 14.4. The van der Waals surface area contributed by atoms with Crippen molar-refractivity contribution in [2.75, 3.05) is 44.2 Å². The summed E-state index contributed by atoms with van der Waals surface area (Å²) in [5.74, 6) is -0.113. The van der Waals surface area contributed by atoms with Crippen molar-refractivity contribution in [1.82, 2.24) is 15.5 Å². The van der Waals surface area contributed by atoms with Gasteiger partial charge in [-0.3, -0.25) is 14.5 Å². The van der Waals surface area contributed by atoms with Crippen LogP contribution in [0.3, 0.4) is 0 Å². The fourth-order valence-corrected chi connectivity index (χ4v) is 3.48. The average Bonchev–Trinajstić information content (AvgIpc) is 2.76. The van der Waals surface area contributed by atoms with Crippen molar-refractivity contribution in [3.8, 4) is 0 Å². The minimum Gasteiger partial charge on any atom is -0.369 e. The second-order valence-electron chi connectivity index (χ2n) is 7.38. The zero-order valence-electron chi connectivity index (χ0n) is 17.1. The highest BCUT2D eigenvalue weighted by atomic mass is 16.2. The fraction of sp³-hybridized carbons (Fsp3) is 0.391. The Kier molecular flexibility index (Phi) is 7.64. The molecule has 3 rings (SSSR count). The van der Waals surface area contributed by atoms with Crippen molar-refractivity contribution in [3.63, 3.8) is 0 Å². The van der Waals surface area contributed by atoms with Gasteiger partial charge in [0.1, 0.15) is 0 Å². The molecule has 6 heteroatoms. The third-order valence-electron chi connectivity index (χ3n) is 5.19. The summed E-state index contributed by atoms with van der Waals surface area (Å²) in [7, 11) is 0. The van der Waals surface area contributed by atoms with E-state index in [1.54, 1.807) is 12.1 Å². The molecule has 0 spiro atoms. The second kappa shape index (κ2) is 10.6. The van der Waals surface area contributed by atoms with Crippen molar-refractivity contribution in [2.24, 2.45) is 0 Å². The molecule has 29 heavy (non-hydrogen) atoms. The lowest BCUT2D eigenvalue weighted by Gasteiger charge is -2.36. The van der Waals surface area contributed by atoms with Gasteiger partial charge in [-0.1, -0.05) is 30.3 Å². The summed E-state index contributed by atoms with van der Waals surface area (Å²) in [5.41, 5.74) is 2.92. The Labute approximate surface area is 172 Å². The lowest BCUT2D eigenvalue weighted by molar-refractivity contribution is -0.119. The molecule has 0 aromatic heterocycles. The van der Waals surface area contributed by atoms with Crippen LogP contribution in [-0.4, -0.2) is 56.0 Å². The molecule has 0 saturated carbocycles. The molecule has 0 unspecified atom stereocenters. The third-order valence-corrected chi connectivity index (χ3v) is 5.19. The average molecular weight is 395 g/mol. The highest BCUT2D eigenvalue weighted by Crippen LogP contribution is 2.15. The Morgan fingerprint density at radius 1 is 0.897 bits per heavy atom. The molecule has 1 aliphatic rings. The number of anilines is 1. The van der Waals surface area contributed by atoms with E-state index < -0.39 is 0 Å². The monoisotopic (exact) mass is 394 g/mol. The van der Waals surface area contributed by atoms with Crippen molar-refractivity contribution in [3.05, 3.63) is 65.7 Å². The maximum absolute atomic E-state index is 12.3. The molecule has 1 saturated heterocycles. The standard InChI is InChI=1S/C23H30N4O2/c1-19(28)25-18-20-8-10-21(11-9-20)23(29)24-12-5-13-26-14-16-27(17-15-26)22-6-3-2-4-7-22/h2-4,6-11H,5,12-18H2,1H3,(H,24,29)(H,25,28). The Morgan fingerprint density at radius 2 is 1.59 bits per heavy atom. The summed E-state index contributed by atoms with van der Waals surface area (Å²) >= 11 is 0. The van der Waals surface area contributed by atoms with Gasteiger partial charge in [-0.2, -0.15) is 0 Å². The molecular formula is C23H30N4O2. The van der Waals surface area contributed by atoms with Gasteiger partial charge in [-0.05, 0) is 42.8 Å². The van der Waals surface area contributed by atoms with Crippen molar-refractivity contribution in [1.29, 1.82) is 0 Å². The number of hydrogen-bond donors (Lipinski definition) is 2. The third kappa shape index (κ3) is 6.61. The number of benzene rings is 2. The molecule has 0 aliphatic carbocycles. The molecule has 0 atom stereocenters. The van der Waals surface area contributed by atoms with Gasteiger partial charge in [0.15, 0.2) is 0 Å². The van der Waals surface area contributed by atoms with Crippen molar-refractivity contribution >= 4 is 17.5 Å². The van der Waals surface area contributed by atoms with Crippen LogP contribution in [0, 0.1) is 0 Å². The van der Waals surface area contributed by atoms with Gasteiger partial charge in [0.25, 0.3) is 5.91 Å². The van der Waals surface area contributed by atoms with Crippen LogP contribution in [0.5, 0.6) is 0 Å². The minimum absolute atomic E-state index is 0.0509. The number of carbonyl (C=O) groups is 2. The van der Waals surface area contributed by atoms with E-state index in [4.69, 9.17) is 0 Å². The highest BCUT2D eigenvalue weighted by Gasteiger charge is 2.16. The van der Waals surface area contributed by atoms with Gasteiger partial charge in [0.2, 0.25) is 5.91 Å². The predicted molar refractivity (Wildman–Crippen MR) is 116 cm³/mol. The Hall–Kier alpha value is -2.86. The van der Waals surface area contributed by atoms with E-state index >= 15 is 0 Å². The molecule has 0 radical (unpaired) electrons. The lowest BCUT2D eigenvalue weighted by atomic mass is 10.1. The van der Waals surface area contributed by atoms with Gasteiger partial charge in [-0.15, -0.1) is 0 Å². The maximum atomic E-state index is 12.3. The number of nitrogens with zero attached hydrogens (tertiary/aromatic N) is 2. The first-order valence-electron chi connectivity index (χ1n) is 10.3. The maximum Gasteiger partial charge on any atom is 0.251 e. The lowest BCUT2D eigenvalue weighted by Crippen LogP contribution is -2.47. The zero-order chi connectivity index (χ0) is 20.5. The molecular weight excluding hydrogens is 364 g/mol. The molecule has 0 bridgehead atoms. The molecule has 6 nitrogen and oxygen atoms in total. The summed E-state index contributed by atoms with van der Waals surface area (Å²) < 4.78 is 0. The van der Waals surface area contributed by atoms with E-state index in [1.165, 1.54) is 12.6 Å². The van der Waals surface area contributed by atoms with Crippen molar-refractivity contribution < 1.29 is 9.59 Å².